The zero-order chi connectivity index (χ0) is 21.5. The summed E-state index contributed by atoms with van der Waals surface area (Å²) in [5, 5.41) is 0. The van der Waals surface area contributed by atoms with Crippen LogP contribution in [0.2, 0.25) is 0 Å². The largest absolute Gasteiger partial charge is 0.251 e. The summed E-state index contributed by atoms with van der Waals surface area (Å²) in [4.78, 5) is 0. The maximum atomic E-state index is 12.4. The van der Waals surface area contributed by atoms with Crippen LogP contribution in [0.1, 0.15) is 94.1 Å². The number of benzene rings is 2. The van der Waals surface area contributed by atoms with Crippen molar-refractivity contribution in [2.45, 2.75) is 83.0 Å². The second kappa shape index (κ2) is 11.1. The number of alkyl halides is 1. The van der Waals surface area contributed by atoms with Crippen molar-refractivity contribution in [2.75, 3.05) is 6.67 Å². The van der Waals surface area contributed by atoms with E-state index in [9.17, 15) is 4.39 Å². The summed E-state index contributed by atoms with van der Waals surface area (Å²) in [6.07, 6.45) is 16.8. The molecule has 31 heavy (non-hydrogen) atoms. The average molecular weight is 419 g/mol. The van der Waals surface area contributed by atoms with Crippen molar-refractivity contribution in [3.8, 4) is 11.1 Å². The van der Waals surface area contributed by atoms with Crippen LogP contribution in [0.5, 0.6) is 0 Å². The summed E-state index contributed by atoms with van der Waals surface area (Å²) < 4.78 is 12.4. The van der Waals surface area contributed by atoms with Crippen molar-refractivity contribution in [3.05, 3.63) is 71.8 Å². The maximum absolute atomic E-state index is 12.4. The number of halogens is 1. The van der Waals surface area contributed by atoms with Gasteiger partial charge in [-0.05, 0) is 117 Å². The Bertz CT molecular complexity index is 800. The maximum Gasteiger partial charge on any atom is 0.0894 e. The van der Waals surface area contributed by atoms with Crippen molar-refractivity contribution in [2.24, 2.45) is 11.8 Å². The fourth-order valence-corrected chi connectivity index (χ4v) is 5.96. The van der Waals surface area contributed by atoms with Crippen LogP contribution in [0.4, 0.5) is 4.39 Å². The molecule has 2 saturated carbocycles. The van der Waals surface area contributed by atoms with Crippen LogP contribution in [0.15, 0.2) is 60.7 Å². The summed E-state index contributed by atoms with van der Waals surface area (Å²) >= 11 is 0. The number of hydrogen-bond acceptors (Lipinski definition) is 0. The van der Waals surface area contributed by atoms with E-state index in [0.717, 1.165) is 30.6 Å². The first-order chi connectivity index (χ1) is 15.3. The van der Waals surface area contributed by atoms with Gasteiger partial charge in [0.2, 0.25) is 0 Å². The third kappa shape index (κ3) is 5.88. The van der Waals surface area contributed by atoms with E-state index in [-0.39, 0.29) is 6.67 Å². The SMILES string of the molecule is CC=C[C@H]1CC[C@H](c2ccc(-c3ccc([C@H]4CC[C@H](CCCF)CC4)cc3)cc2)CC1. The first-order valence-corrected chi connectivity index (χ1v) is 12.7. The summed E-state index contributed by atoms with van der Waals surface area (Å²) in [5.74, 6) is 2.97. The molecule has 1 heteroatoms. The topological polar surface area (TPSA) is 0 Å². The molecule has 2 aromatic rings. The van der Waals surface area contributed by atoms with Crippen molar-refractivity contribution >= 4 is 0 Å². The quantitative estimate of drug-likeness (QED) is 0.393. The van der Waals surface area contributed by atoms with E-state index < -0.39 is 0 Å². The second-order valence-electron chi connectivity index (χ2n) is 9.93. The molecule has 2 aliphatic carbocycles. The highest BCUT2D eigenvalue weighted by Gasteiger charge is 2.22. The van der Waals surface area contributed by atoms with Crippen LogP contribution in [0.25, 0.3) is 11.1 Å². The van der Waals surface area contributed by atoms with E-state index in [2.05, 4.69) is 67.6 Å². The van der Waals surface area contributed by atoms with E-state index in [1.165, 1.54) is 73.6 Å². The Morgan fingerprint density at radius 2 is 1.19 bits per heavy atom. The fourth-order valence-electron chi connectivity index (χ4n) is 5.96. The van der Waals surface area contributed by atoms with Gasteiger partial charge in [-0.15, -0.1) is 0 Å². The highest BCUT2D eigenvalue weighted by atomic mass is 19.1. The molecule has 0 nitrogen and oxygen atoms in total. The van der Waals surface area contributed by atoms with Gasteiger partial charge in [0.1, 0.15) is 0 Å². The molecule has 0 spiro atoms. The molecule has 0 radical (unpaired) electrons. The van der Waals surface area contributed by atoms with Gasteiger partial charge in [-0.1, -0.05) is 60.7 Å². The van der Waals surface area contributed by atoms with Gasteiger partial charge < -0.3 is 0 Å². The lowest BCUT2D eigenvalue weighted by atomic mass is 9.77. The molecular weight excluding hydrogens is 379 g/mol. The summed E-state index contributed by atoms with van der Waals surface area (Å²) in [6.45, 7) is 1.99. The summed E-state index contributed by atoms with van der Waals surface area (Å²) in [6, 6.07) is 18.7. The minimum atomic E-state index is -0.153. The molecule has 2 fully saturated rings. The average Bonchev–Trinajstić information content (AvgIpc) is 2.84. The van der Waals surface area contributed by atoms with Gasteiger partial charge in [-0.25, -0.2) is 0 Å². The highest BCUT2D eigenvalue weighted by molar-refractivity contribution is 5.64. The molecule has 166 valence electrons. The molecular formula is C30H39F. The molecule has 0 saturated heterocycles. The molecule has 2 aliphatic rings. The Morgan fingerprint density at radius 1 is 0.710 bits per heavy atom. The number of hydrogen-bond donors (Lipinski definition) is 0. The Kier molecular flexibility index (Phi) is 8.00. The molecule has 0 unspecified atom stereocenters. The van der Waals surface area contributed by atoms with Gasteiger partial charge >= 0.3 is 0 Å². The van der Waals surface area contributed by atoms with Crippen molar-refractivity contribution in [1.29, 1.82) is 0 Å². The predicted octanol–water partition coefficient (Wildman–Crippen LogP) is 9.23. The fraction of sp³-hybridized carbons (Fsp3) is 0.533. The van der Waals surface area contributed by atoms with Crippen molar-refractivity contribution in [3.63, 3.8) is 0 Å². The van der Waals surface area contributed by atoms with Gasteiger partial charge in [0.05, 0.1) is 6.67 Å². The standard InChI is InChI=1S/C30H39F/c1-2-4-23-6-10-25(11-7-23)27-14-18-29(19-15-27)30-20-16-28(17-21-30)26-12-8-24(9-13-26)5-3-22-31/h2,4,14-21,23-26H,3,5-13,22H2,1H3/t23-,24-,25-,26-. The Hall–Kier alpha value is -1.89. The lowest BCUT2D eigenvalue weighted by molar-refractivity contribution is 0.293. The predicted molar refractivity (Wildman–Crippen MR) is 131 cm³/mol. The molecule has 2 aromatic carbocycles. The molecule has 4 rings (SSSR count). The Morgan fingerprint density at radius 3 is 1.65 bits per heavy atom. The summed E-state index contributed by atoms with van der Waals surface area (Å²) in [5.41, 5.74) is 5.66. The van der Waals surface area contributed by atoms with Gasteiger partial charge in [0.15, 0.2) is 0 Å². The lowest BCUT2D eigenvalue weighted by Gasteiger charge is -2.28. The third-order valence-electron chi connectivity index (χ3n) is 7.93. The highest BCUT2D eigenvalue weighted by Crippen LogP contribution is 2.39. The normalized spacial score (nSPS) is 26.9. The van der Waals surface area contributed by atoms with E-state index in [1.807, 2.05) is 0 Å². The van der Waals surface area contributed by atoms with Crippen LogP contribution in [-0.2, 0) is 0 Å². The van der Waals surface area contributed by atoms with Gasteiger partial charge in [-0.3, -0.25) is 4.39 Å². The smallest absolute Gasteiger partial charge is 0.0894 e. The lowest BCUT2D eigenvalue weighted by Crippen LogP contribution is -2.13. The van der Waals surface area contributed by atoms with Crippen molar-refractivity contribution < 1.29 is 4.39 Å². The molecule has 0 heterocycles. The van der Waals surface area contributed by atoms with Gasteiger partial charge in [-0.2, -0.15) is 0 Å². The van der Waals surface area contributed by atoms with E-state index in [4.69, 9.17) is 0 Å². The Labute approximate surface area is 189 Å². The zero-order valence-corrected chi connectivity index (χ0v) is 19.2. The van der Waals surface area contributed by atoms with Crippen molar-refractivity contribution in [1.82, 2.24) is 0 Å². The summed E-state index contributed by atoms with van der Waals surface area (Å²) in [7, 11) is 0. The first-order valence-electron chi connectivity index (χ1n) is 12.7. The molecule has 0 atom stereocenters. The molecule has 0 bridgehead atoms. The third-order valence-corrected chi connectivity index (χ3v) is 7.93. The molecule has 0 N–H and O–H groups in total. The molecule has 0 aliphatic heterocycles. The minimum Gasteiger partial charge on any atom is -0.251 e. The number of rotatable bonds is 7. The monoisotopic (exact) mass is 418 g/mol. The van der Waals surface area contributed by atoms with E-state index in [0.29, 0.717) is 5.92 Å². The molecule has 0 amide bonds. The van der Waals surface area contributed by atoms with Crippen LogP contribution < -0.4 is 0 Å². The van der Waals surface area contributed by atoms with E-state index in [1.54, 1.807) is 0 Å². The first kappa shape index (κ1) is 22.3. The zero-order valence-electron chi connectivity index (χ0n) is 19.2. The number of allylic oxidation sites excluding steroid dienone is 2. The van der Waals surface area contributed by atoms with Crippen LogP contribution >= 0.6 is 0 Å². The second-order valence-corrected chi connectivity index (χ2v) is 9.93. The van der Waals surface area contributed by atoms with Gasteiger partial charge in [0, 0.05) is 0 Å². The van der Waals surface area contributed by atoms with Crippen LogP contribution in [0.3, 0.4) is 0 Å². The van der Waals surface area contributed by atoms with E-state index >= 15 is 0 Å². The Balaban J connectivity index is 1.32. The minimum absolute atomic E-state index is 0.153. The van der Waals surface area contributed by atoms with Crippen LogP contribution in [-0.4, -0.2) is 6.67 Å². The van der Waals surface area contributed by atoms with Crippen LogP contribution in [0, 0.1) is 11.8 Å². The van der Waals surface area contributed by atoms with Gasteiger partial charge in [0.25, 0.3) is 0 Å². The molecule has 0 aromatic heterocycles.